The van der Waals surface area contributed by atoms with Gasteiger partial charge in [-0.15, -0.1) is 0 Å². The van der Waals surface area contributed by atoms with Gasteiger partial charge in [0.05, 0.1) is 6.54 Å². The highest BCUT2D eigenvalue weighted by Gasteiger charge is 2.23. The van der Waals surface area contributed by atoms with Crippen molar-refractivity contribution in [2.45, 2.75) is 32.7 Å². The van der Waals surface area contributed by atoms with Gasteiger partial charge >= 0.3 is 0 Å². The Morgan fingerprint density at radius 1 is 1.54 bits per heavy atom. The highest BCUT2D eigenvalue weighted by Crippen LogP contribution is 2.31. The van der Waals surface area contributed by atoms with Crippen LogP contribution in [0.3, 0.4) is 0 Å². The van der Waals surface area contributed by atoms with E-state index in [1.165, 1.54) is 12.8 Å². The first-order valence-electron chi connectivity index (χ1n) is 4.90. The molecular weight excluding hydrogens is 166 g/mol. The van der Waals surface area contributed by atoms with Gasteiger partial charge in [0.25, 0.3) is 0 Å². The molecule has 1 fully saturated rings. The third kappa shape index (κ3) is 2.52. The summed E-state index contributed by atoms with van der Waals surface area (Å²) in [4.78, 5) is 4.29. The molecular formula is C9H15N3O. The van der Waals surface area contributed by atoms with Crippen LogP contribution >= 0.6 is 0 Å². The minimum Gasteiger partial charge on any atom is -0.338 e. The average Bonchev–Trinajstić information content (AvgIpc) is 2.81. The standard InChI is InChI=1S/C9H15N3O/c1-2-10-6-9-11-8(12-13-9)5-7-3-4-7/h7,10H,2-6H2,1H3. The SMILES string of the molecule is CCNCc1nc(CC2CC2)no1. The Bertz CT molecular complexity index is 268. The zero-order valence-corrected chi connectivity index (χ0v) is 7.92. The molecule has 0 bridgehead atoms. The van der Waals surface area contributed by atoms with Gasteiger partial charge in [0, 0.05) is 6.42 Å². The van der Waals surface area contributed by atoms with E-state index in [4.69, 9.17) is 4.52 Å². The van der Waals surface area contributed by atoms with Crippen LogP contribution in [0.5, 0.6) is 0 Å². The Kier molecular flexibility index (Phi) is 2.59. The van der Waals surface area contributed by atoms with E-state index in [9.17, 15) is 0 Å². The molecule has 1 aliphatic carbocycles. The van der Waals surface area contributed by atoms with Crippen LogP contribution in [-0.4, -0.2) is 16.7 Å². The number of rotatable bonds is 5. The van der Waals surface area contributed by atoms with E-state index in [0.29, 0.717) is 12.4 Å². The van der Waals surface area contributed by atoms with Crippen molar-refractivity contribution < 1.29 is 4.52 Å². The molecule has 0 saturated heterocycles. The Balaban J connectivity index is 1.84. The lowest BCUT2D eigenvalue weighted by molar-refractivity contribution is 0.363. The lowest BCUT2D eigenvalue weighted by Crippen LogP contribution is -2.11. The summed E-state index contributed by atoms with van der Waals surface area (Å²) < 4.78 is 5.07. The van der Waals surface area contributed by atoms with Crippen LogP contribution in [0, 0.1) is 5.92 Å². The molecule has 13 heavy (non-hydrogen) atoms. The highest BCUT2D eigenvalue weighted by atomic mass is 16.5. The zero-order chi connectivity index (χ0) is 9.10. The number of nitrogens with zero attached hydrogens (tertiary/aromatic N) is 2. The summed E-state index contributed by atoms with van der Waals surface area (Å²) in [5.41, 5.74) is 0. The molecule has 1 heterocycles. The second-order valence-corrected chi connectivity index (χ2v) is 3.53. The van der Waals surface area contributed by atoms with E-state index in [1.807, 2.05) is 0 Å². The van der Waals surface area contributed by atoms with Crippen LogP contribution in [0.2, 0.25) is 0 Å². The maximum absolute atomic E-state index is 5.07. The highest BCUT2D eigenvalue weighted by molar-refractivity contribution is 4.91. The molecule has 0 unspecified atom stereocenters. The van der Waals surface area contributed by atoms with E-state index >= 15 is 0 Å². The maximum atomic E-state index is 5.07. The van der Waals surface area contributed by atoms with Crippen molar-refractivity contribution >= 4 is 0 Å². The molecule has 1 aromatic rings. The third-order valence-electron chi connectivity index (χ3n) is 2.20. The lowest BCUT2D eigenvalue weighted by Gasteiger charge is -1.92. The second-order valence-electron chi connectivity index (χ2n) is 3.53. The van der Waals surface area contributed by atoms with E-state index in [2.05, 4.69) is 22.4 Å². The Hall–Kier alpha value is -0.900. The maximum Gasteiger partial charge on any atom is 0.240 e. The van der Waals surface area contributed by atoms with Gasteiger partial charge in [0.2, 0.25) is 5.89 Å². The quantitative estimate of drug-likeness (QED) is 0.739. The Labute approximate surface area is 77.7 Å². The molecule has 0 amide bonds. The van der Waals surface area contributed by atoms with Gasteiger partial charge in [-0.25, -0.2) is 0 Å². The van der Waals surface area contributed by atoms with Gasteiger partial charge in [-0.2, -0.15) is 4.98 Å². The van der Waals surface area contributed by atoms with Crippen molar-refractivity contribution in [1.29, 1.82) is 0 Å². The van der Waals surface area contributed by atoms with Crippen LogP contribution in [-0.2, 0) is 13.0 Å². The van der Waals surface area contributed by atoms with Crippen LogP contribution < -0.4 is 5.32 Å². The van der Waals surface area contributed by atoms with Gasteiger partial charge < -0.3 is 9.84 Å². The summed E-state index contributed by atoms with van der Waals surface area (Å²) in [7, 11) is 0. The van der Waals surface area contributed by atoms with Crippen molar-refractivity contribution in [1.82, 2.24) is 15.5 Å². The van der Waals surface area contributed by atoms with Crippen molar-refractivity contribution in [2.75, 3.05) is 6.54 Å². The number of nitrogens with one attached hydrogen (secondary N) is 1. The van der Waals surface area contributed by atoms with Crippen molar-refractivity contribution in [3.05, 3.63) is 11.7 Å². The molecule has 72 valence electrons. The topological polar surface area (TPSA) is 51.0 Å². The van der Waals surface area contributed by atoms with Crippen molar-refractivity contribution in [3.63, 3.8) is 0 Å². The molecule has 1 N–H and O–H groups in total. The van der Waals surface area contributed by atoms with Gasteiger partial charge in [-0.1, -0.05) is 12.1 Å². The molecule has 2 rings (SSSR count). The first-order valence-corrected chi connectivity index (χ1v) is 4.90. The molecule has 0 aromatic carbocycles. The number of aromatic nitrogens is 2. The predicted octanol–water partition coefficient (Wildman–Crippen LogP) is 1.13. The first-order chi connectivity index (χ1) is 6.38. The molecule has 4 heteroatoms. The smallest absolute Gasteiger partial charge is 0.240 e. The Morgan fingerprint density at radius 3 is 3.08 bits per heavy atom. The van der Waals surface area contributed by atoms with Gasteiger partial charge in [-0.3, -0.25) is 0 Å². The fourth-order valence-corrected chi connectivity index (χ4v) is 1.26. The number of hydrogen-bond donors (Lipinski definition) is 1. The molecule has 1 aliphatic rings. The molecule has 1 aromatic heterocycles. The van der Waals surface area contributed by atoms with Gasteiger partial charge in [0.1, 0.15) is 0 Å². The summed E-state index contributed by atoms with van der Waals surface area (Å²) in [6.45, 7) is 3.68. The molecule has 1 saturated carbocycles. The second kappa shape index (κ2) is 3.87. The van der Waals surface area contributed by atoms with E-state index in [0.717, 1.165) is 24.7 Å². The molecule has 4 nitrogen and oxygen atoms in total. The number of hydrogen-bond acceptors (Lipinski definition) is 4. The first kappa shape index (κ1) is 8.69. The van der Waals surface area contributed by atoms with Crippen LogP contribution in [0.25, 0.3) is 0 Å². The average molecular weight is 181 g/mol. The summed E-state index contributed by atoms with van der Waals surface area (Å²) in [6, 6.07) is 0. The van der Waals surface area contributed by atoms with Crippen LogP contribution in [0.15, 0.2) is 4.52 Å². The molecule has 0 atom stereocenters. The van der Waals surface area contributed by atoms with Gasteiger partial charge in [-0.05, 0) is 25.3 Å². The summed E-state index contributed by atoms with van der Waals surface area (Å²) in [6.07, 6.45) is 3.66. The summed E-state index contributed by atoms with van der Waals surface area (Å²) in [5, 5.41) is 7.07. The van der Waals surface area contributed by atoms with E-state index in [1.54, 1.807) is 0 Å². The van der Waals surface area contributed by atoms with Crippen molar-refractivity contribution in [2.24, 2.45) is 5.92 Å². The normalized spacial score (nSPS) is 16.4. The monoisotopic (exact) mass is 181 g/mol. The zero-order valence-electron chi connectivity index (χ0n) is 7.92. The fraction of sp³-hybridized carbons (Fsp3) is 0.778. The van der Waals surface area contributed by atoms with Crippen molar-refractivity contribution in [3.8, 4) is 0 Å². The third-order valence-corrected chi connectivity index (χ3v) is 2.20. The van der Waals surface area contributed by atoms with Crippen LogP contribution in [0.4, 0.5) is 0 Å². The Morgan fingerprint density at radius 2 is 2.38 bits per heavy atom. The minimum absolute atomic E-state index is 0.689. The van der Waals surface area contributed by atoms with E-state index < -0.39 is 0 Å². The summed E-state index contributed by atoms with van der Waals surface area (Å²) >= 11 is 0. The van der Waals surface area contributed by atoms with E-state index in [-0.39, 0.29) is 0 Å². The predicted molar refractivity (Wildman–Crippen MR) is 48.1 cm³/mol. The lowest BCUT2D eigenvalue weighted by atomic mass is 10.3. The summed E-state index contributed by atoms with van der Waals surface area (Å²) in [5.74, 6) is 2.40. The fourth-order valence-electron chi connectivity index (χ4n) is 1.26. The molecule has 0 radical (unpaired) electrons. The minimum atomic E-state index is 0.689. The molecule has 0 aliphatic heterocycles. The molecule has 0 spiro atoms. The largest absolute Gasteiger partial charge is 0.338 e. The van der Waals surface area contributed by atoms with Crippen LogP contribution in [0.1, 0.15) is 31.5 Å². The van der Waals surface area contributed by atoms with Gasteiger partial charge in [0.15, 0.2) is 5.82 Å².